The topological polar surface area (TPSA) is 93.1 Å². The van der Waals surface area contributed by atoms with E-state index in [4.69, 9.17) is 0 Å². The van der Waals surface area contributed by atoms with Crippen LogP contribution in [0, 0.1) is 20.8 Å². The van der Waals surface area contributed by atoms with E-state index in [1.807, 2.05) is 54.9 Å². The number of benzene rings is 3. The minimum atomic E-state index is -3.87. The molecular formula is C26H26N4O3S. The summed E-state index contributed by atoms with van der Waals surface area (Å²) in [5, 5.41) is 2.89. The second kappa shape index (κ2) is 9.52. The van der Waals surface area contributed by atoms with Crippen molar-refractivity contribution in [1.29, 1.82) is 0 Å². The van der Waals surface area contributed by atoms with Gasteiger partial charge < -0.3 is 9.88 Å². The Labute approximate surface area is 199 Å². The summed E-state index contributed by atoms with van der Waals surface area (Å²) >= 11 is 0. The monoisotopic (exact) mass is 474 g/mol. The summed E-state index contributed by atoms with van der Waals surface area (Å²) in [5.74, 6) is -0.358. The number of para-hydroxylation sites is 1. The van der Waals surface area contributed by atoms with Crippen LogP contribution in [0.5, 0.6) is 0 Å². The van der Waals surface area contributed by atoms with Gasteiger partial charge >= 0.3 is 0 Å². The fourth-order valence-corrected chi connectivity index (χ4v) is 4.96. The zero-order valence-corrected chi connectivity index (χ0v) is 20.1. The Hall–Kier alpha value is -3.91. The average molecular weight is 475 g/mol. The van der Waals surface area contributed by atoms with Crippen molar-refractivity contribution in [3.8, 4) is 5.69 Å². The summed E-state index contributed by atoms with van der Waals surface area (Å²) in [4.78, 5) is 17.0. The molecule has 1 amide bonds. The van der Waals surface area contributed by atoms with E-state index in [9.17, 15) is 13.2 Å². The van der Waals surface area contributed by atoms with Crippen LogP contribution in [0.2, 0.25) is 0 Å². The van der Waals surface area contributed by atoms with Crippen LogP contribution in [0.15, 0.2) is 84.3 Å². The van der Waals surface area contributed by atoms with Crippen molar-refractivity contribution in [3.63, 3.8) is 0 Å². The molecule has 0 spiro atoms. The third-order valence-electron chi connectivity index (χ3n) is 5.71. The highest BCUT2D eigenvalue weighted by Crippen LogP contribution is 2.23. The van der Waals surface area contributed by atoms with Crippen molar-refractivity contribution in [2.75, 3.05) is 4.72 Å². The Morgan fingerprint density at radius 3 is 2.44 bits per heavy atom. The molecule has 0 saturated heterocycles. The van der Waals surface area contributed by atoms with Gasteiger partial charge in [-0.3, -0.25) is 9.52 Å². The number of imidazole rings is 1. The summed E-state index contributed by atoms with van der Waals surface area (Å²) in [6.07, 6.45) is 5.22. The molecule has 7 nitrogen and oxygen atoms in total. The molecule has 3 aromatic carbocycles. The SMILES string of the molecule is Cc1ccc(NS(=O)(=O)c2cc(C(=O)NCc3ccccc3-n3ccnc3)ccc2C)cc1C. The van der Waals surface area contributed by atoms with Gasteiger partial charge in [0.2, 0.25) is 0 Å². The maximum absolute atomic E-state index is 13.1. The number of sulfonamides is 1. The molecular weight excluding hydrogens is 448 g/mol. The molecule has 0 aliphatic carbocycles. The molecule has 0 bridgehead atoms. The number of rotatable bonds is 7. The van der Waals surface area contributed by atoms with Gasteiger partial charge in [0.25, 0.3) is 15.9 Å². The summed E-state index contributed by atoms with van der Waals surface area (Å²) in [6.45, 7) is 5.88. The van der Waals surface area contributed by atoms with Crippen LogP contribution in [0.1, 0.15) is 32.6 Å². The third-order valence-corrected chi connectivity index (χ3v) is 7.24. The van der Waals surface area contributed by atoms with Crippen molar-refractivity contribution in [2.24, 2.45) is 0 Å². The third kappa shape index (κ3) is 5.02. The van der Waals surface area contributed by atoms with Gasteiger partial charge in [-0.05, 0) is 73.4 Å². The quantitative estimate of drug-likeness (QED) is 0.412. The van der Waals surface area contributed by atoms with E-state index in [0.29, 0.717) is 11.3 Å². The zero-order chi connectivity index (χ0) is 24.3. The lowest BCUT2D eigenvalue weighted by atomic mass is 10.1. The lowest BCUT2D eigenvalue weighted by molar-refractivity contribution is 0.0950. The molecule has 0 unspecified atom stereocenters. The molecule has 174 valence electrons. The average Bonchev–Trinajstić information content (AvgIpc) is 3.35. The second-order valence-electron chi connectivity index (χ2n) is 8.17. The zero-order valence-electron chi connectivity index (χ0n) is 19.2. The molecule has 0 atom stereocenters. The van der Waals surface area contributed by atoms with Gasteiger partial charge in [-0.2, -0.15) is 0 Å². The van der Waals surface area contributed by atoms with Crippen LogP contribution >= 0.6 is 0 Å². The highest BCUT2D eigenvalue weighted by atomic mass is 32.2. The van der Waals surface area contributed by atoms with Gasteiger partial charge in [-0.15, -0.1) is 0 Å². The standard InChI is InChI=1S/C26H26N4O3S/c1-18-9-11-23(14-20(18)3)29-34(32,33)25-15-21(10-8-19(25)2)26(31)28-16-22-6-4-5-7-24(22)30-13-12-27-17-30/h4-15,17,29H,16H2,1-3H3,(H,28,31). The lowest BCUT2D eigenvalue weighted by Gasteiger charge is -2.14. The molecule has 1 aromatic heterocycles. The smallest absolute Gasteiger partial charge is 0.262 e. The molecule has 0 radical (unpaired) electrons. The van der Waals surface area contributed by atoms with E-state index < -0.39 is 10.0 Å². The Balaban J connectivity index is 1.54. The van der Waals surface area contributed by atoms with E-state index in [1.165, 1.54) is 6.07 Å². The Morgan fingerprint density at radius 1 is 0.941 bits per heavy atom. The first kappa shape index (κ1) is 23.3. The van der Waals surface area contributed by atoms with E-state index in [1.54, 1.807) is 43.7 Å². The van der Waals surface area contributed by atoms with Crippen molar-refractivity contribution < 1.29 is 13.2 Å². The summed E-state index contributed by atoms with van der Waals surface area (Å²) in [6, 6.07) is 17.7. The Morgan fingerprint density at radius 2 is 1.71 bits per heavy atom. The number of aryl methyl sites for hydroxylation is 3. The largest absolute Gasteiger partial charge is 0.348 e. The van der Waals surface area contributed by atoms with E-state index >= 15 is 0 Å². The van der Waals surface area contributed by atoms with Gasteiger partial charge in [-0.1, -0.05) is 30.3 Å². The van der Waals surface area contributed by atoms with Crippen molar-refractivity contribution in [2.45, 2.75) is 32.2 Å². The van der Waals surface area contributed by atoms with Crippen LogP contribution in [-0.2, 0) is 16.6 Å². The number of nitrogens with zero attached hydrogens (tertiary/aromatic N) is 2. The number of aromatic nitrogens is 2. The number of hydrogen-bond donors (Lipinski definition) is 2. The minimum Gasteiger partial charge on any atom is -0.348 e. The first-order chi connectivity index (χ1) is 16.2. The lowest BCUT2D eigenvalue weighted by Crippen LogP contribution is -2.24. The number of anilines is 1. The summed E-state index contributed by atoms with van der Waals surface area (Å²) < 4.78 is 30.7. The maximum Gasteiger partial charge on any atom is 0.262 e. The van der Waals surface area contributed by atoms with Crippen molar-refractivity contribution >= 4 is 21.6 Å². The normalized spacial score (nSPS) is 11.3. The maximum atomic E-state index is 13.1. The highest BCUT2D eigenvalue weighted by Gasteiger charge is 2.20. The van der Waals surface area contributed by atoms with Crippen LogP contribution in [0.3, 0.4) is 0 Å². The molecule has 4 aromatic rings. The Kier molecular flexibility index (Phi) is 6.51. The number of amides is 1. The number of nitrogens with one attached hydrogen (secondary N) is 2. The first-order valence-corrected chi connectivity index (χ1v) is 12.3. The van der Waals surface area contributed by atoms with E-state index in [-0.39, 0.29) is 22.9 Å². The van der Waals surface area contributed by atoms with Crippen LogP contribution in [0.25, 0.3) is 5.69 Å². The molecule has 8 heteroatoms. The van der Waals surface area contributed by atoms with Crippen molar-refractivity contribution in [3.05, 3.63) is 107 Å². The van der Waals surface area contributed by atoms with Gasteiger partial charge in [0, 0.05) is 30.2 Å². The fraction of sp³-hybridized carbons (Fsp3) is 0.154. The predicted molar refractivity (Wildman–Crippen MR) is 133 cm³/mol. The molecule has 0 saturated carbocycles. The minimum absolute atomic E-state index is 0.0668. The molecule has 0 aliphatic heterocycles. The first-order valence-electron chi connectivity index (χ1n) is 10.8. The fourth-order valence-electron chi connectivity index (χ4n) is 3.64. The highest BCUT2D eigenvalue weighted by molar-refractivity contribution is 7.92. The number of carbonyl (C=O) groups excluding carboxylic acids is 1. The summed E-state index contributed by atoms with van der Waals surface area (Å²) in [7, 11) is -3.87. The molecule has 1 heterocycles. The number of hydrogen-bond acceptors (Lipinski definition) is 4. The number of carbonyl (C=O) groups is 1. The summed E-state index contributed by atoms with van der Waals surface area (Å²) in [5.41, 5.74) is 5.18. The van der Waals surface area contributed by atoms with Crippen LogP contribution in [-0.4, -0.2) is 23.9 Å². The van der Waals surface area contributed by atoms with Gasteiger partial charge in [0.05, 0.1) is 16.9 Å². The second-order valence-corrected chi connectivity index (χ2v) is 9.82. The van der Waals surface area contributed by atoms with Crippen LogP contribution in [0.4, 0.5) is 5.69 Å². The molecule has 0 fully saturated rings. The van der Waals surface area contributed by atoms with Crippen molar-refractivity contribution in [1.82, 2.24) is 14.9 Å². The molecule has 0 aliphatic rings. The molecule has 34 heavy (non-hydrogen) atoms. The molecule has 4 rings (SSSR count). The molecule has 2 N–H and O–H groups in total. The predicted octanol–water partition coefficient (Wildman–Crippen LogP) is 4.53. The van der Waals surface area contributed by atoms with Gasteiger partial charge in [0.1, 0.15) is 0 Å². The Bertz CT molecular complexity index is 1440. The van der Waals surface area contributed by atoms with Gasteiger partial charge in [0.15, 0.2) is 0 Å². The van der Waals surface area contributed by atoms with Crippen LogP contribution < -0.4 is 10.0 Å². The van der Waals surface area contributed by atoms with E-state index in [0.717, 1.165) is 22.4 Å². The van der Waals surface area contributed by atoms with Gasteiger partial charge in [-0.25, -0.2) is 13.4 Å². The van der Waals surface area contributed by atoms with E-state index in [2.05, 4.69) is 15.0 Å².